The molecule has 0 amide bonds. The summed E-state index contributed by atoms with van der Waals surface area (Å²) in [6.45, 7) is -2.96. The van der Waals surface area contributed by atoms with Gasteiger partial charge in [-0.15, -0.1) is 6.42 Å². The van der Waals surface area contributed by atoms with Gasteiger partial charge in [0.05, 0.1) is 34.5 Å². The van der Waals surface area contributed by atoms with Crippen molar-refractivity contribution in [3.63, 3.8) is 0 Å². The maximum absolute atomic E-state index is 12.6. The van der Waals surface area contributed by atoms with Crippen LogP contribution in [-0.4, -0.2) is 27.9 Å². The molecule has 6 nitrogen and oxygen atoms in total. The molecule has 1 aromatic carbocycles. The third-order valence-electron chi connectivity index (χ3n) is 4.03. The number of fused-ring (bicyclic) bond motifs is 1. The monoisotopic (exact) mass is 357 g/mol. The van der Waals surface area contributed by atoms with Crippen molar-refractivity contribution in [2.24, 2.45) is 0 Å². The SMILES string of the molecule is C#Cc1c(-c2ccc(OC(F)F)c(OC3CC3)c2)[nH]c2cn[nH]c(=O)c12. The first-order valence-electron chi connectivity index (χ1n) is 7.88. The van der Waals surface area contributed by atoms with Gasteiger partial charge in [0.2, 0.25) is 0 Å². The van der Waals surface area contributed by atoms with Crippen LogP contribution in [0.1, 0.15) is 18.4 Å². The van der Waals surface area contributed by atoms with Gasteiger partial charge >= 0.3 is 6.61 Å². The topological polar surface area (TPSA) is 80.0 Å². The van der Waals surface area contributed by atoms with E-state index in [2.05, 4.69) is 25.8 Å². The lowest BCUT2D eigenvalue weighted by molar-refractivity contribution is -0.0516. The number of halogens is 2. The molecule has 2 heterocycles. The van der Waals surface area contributed by atoms with E-state index in [0.717, 1.165) is 12.8 Å². The highest BCUT2D eigenvalue weighted by Crippen LogP contribution is 2.38. The maximum Gasteiger partial charge on any atom is 0.387 e. The van der Waals surface area contributed by atoms with Crippen molar-refractivity contribution in [3.05, 3.63) is 40.3 Å². The zero-order valence-corrected chi connectivity index (χ0v) is 13.4. The first-order chi connectivity index (χ1) is 12.6. The molecule has 4 rings (SSSR count). The van der Waals surface area contributed by atoms with E-state index < -0.39 is 12.2 Å². The van der Waals surface area contributed by atoms with Crippen molar-refractivity contribution < 1.29 is 18.3 Å². The normalized spacial score (nSPS) is 13.8. The van der Waals surface area contributed by atoms with Crippen LogP contribution in [0.3, 0.4) is 0 Å². The molecule has 1 aliphatic carbocycles. The van der Waals surface area contributed by atoms with Crippen molar-refractivity contribution in [2.75, 3.05) is 0 Å². The predicted molar refractivity (Wildman–Crippen MR) is 90.4 cm³/mol. The molecule has 132 valence electrons. The van der Waals surface area contributed by atoms with E-state index in [0.29, 0.717) is 27.7 Å². The van der Waals surface area contributed by atoms with E-state index in [4.69, 9.17) is 11.2 Å². The maximum atomic E-state index is 12.6. The van der Waals surface area contributed by atoms with E-state index in [1.807, 2.05) is 0 Å². The highest BCUT2D eigenvalue weighted by atomic mass is 19.3. The van der Waals surface area contributed by atoms with Crippen LogP contribution in [0.15, 0.2) is 29.2 Å². The molecule has 2 N–H and O–H groups in total. The first-order valence-corrected chi connectivity index (χ1v) is 7.88. The van der Waals surface area contributed by atoms with Crippen molar-refractivity contribution in [2.45, 2.75) is 25.6 Å². The van der Waals surface area contributed by atoms with Gasteiger partial charge in [-0.25, -0.2) is 5.10 Å². The first kappa shape index (κ1) is 16.1. The van der Waals surface area contributed by atoms with Crippen LogP contribution in [0.25, 0.3) is 22.2 Å². The average Bonchev–Trinajstić information content (AvgIpc) is 3.33. The molecular weight excluding hydrogens is 344 g/mol. The molecule has 3 aromatic rings. The lowest BCUT2D eigenvalue weighted by atomic mass is 10.1. The highest BCUT2D eigenvalue weighted by molar-refractivity contribution is 5.92. The molecule has 26 heavy (non-hydrogen) atoms. The molecule has 2 aromatic heterocycles. The third kappa shape index (κ3) is 2.88. The van der Waals surface area contributed by atoms with Gasteiger partial charge in [0.15, 0.2) is 11.5 Å². The Bertz CT molecular complexity index is 1080. The van der Waals surface area contributed by atoms with Gasteiger partial charge < -0.3 is 14.5 Å². The molecular formula is C18H13F2N3O3. The predicted octanol–water partition coefficient (Wildman–Crippen LogP) is 3.04. The van der Waals surface area contributed by atoms with Gasteiger partial charge in [0.1, 0.15) is 0 Å². The second-order valence-corrected chi connectivity index (χ2v) is 5.86. The summed E-state index contributed by atoms with van der Waals surface area (Å²) < 4.78 is 35.5. The summed E-state index contributed by atoms with van der Waals surface area (Å²) in [6.07, 6.45) is 8.77. The lowest BCUT2D eigenvalue weighted by Gasteiger charge is -2.13. The number of H-pyrrole nitrogens is 2. The number of aromatic nitrogens is 3. The smallest absolute Gasteiger partial charge is 0.387 e. The minimum atomic E-state index is -2.96. The molecule has 0 bridgehead atoms. The van der Waals surface area contributed by atoms with Crippen LogP contribution in [0.5, 0.6) is 11.5 Å². The Morgan fingerprint density at radius 3 is 2.81 bits per heavy atom. The number of alkyl halides is 2. The standard InChI is InChI=1S/C18H13F2N3O3/c1-2-11-15-12(8-21-23-17(15)24)22-16(11)9-3-6-13(26-18(19)20)14(7-9)25-10-4-5-10/h1,3,6-8,10,18,22H,4-5H2,(H,23,24). The number of aromatic amines is 2. The van der Waals surface area contributed by atoms with Crippen molar-refractivity contribution in [3.8, 4) is 35.1 Å². The molecule has 0 radical (unpaired) electrons. The Morgan fingerprint density at radius 1 is 1.31 bits per heavy atom. The molecule has 0 saturated heterocycles. The fraction of sp³-hybridized carbons (Fsp3) is 0.222. The van der Waals surface area contributed by atoms with Crippen LogP contribution < -0.4 is 15.0 Å². The van der Waals surface area contributed by atoms with Crippen molar-refractivity contribution in [1.82, 2.24) is 15.2 Å². The van der Waals surface area contributed by atoms with Gasteiger partial charge in [0, 0.05) is 5.56 Å². The number of hydrogen-bond donors (Lipinski definition) is 2. The van der Waals surface area contributed by atoms with Gasteiger partial charge in [-0.05, 0) is 31.0 Å². The highest BCUT2D eigenvalue weighted by Gasteiger charge is 2.26. The summed E-state index contributed by atoms with van der Waals surface area (Å²) in [5, 5.41) is 6.40. The van der Waals surface area contributed by atoms with Crippen molar-refractivity contribution in [1.29, 1.82) is 0 Å². The Labute approximate surface area is 146 Å². The Kier molecular flexibility index (Phi) is 3.84. The minimum absolute atomic E-state index is 0.00728. The van der Waals surface area contributed by atoms with Gasteiger partial charge in [-0.3, -0.25) is 4.79 Å². The molecule has 1 aliphatic rings. The number of hydrogen-bond acceptors (Lipinski definition) is 4. The van der Waals surface area contributed by atoms with Crippen LogP contribution in [0.2, 0.25) is 0 Å². The fourth-order valence-corrected chi connectivity index (χ4v) is 2.74. The number of benzene rings is 1. The summed E-state index contributed by atoms with van der Waals surface area (Å²) in [6, 6.07) is 4.54. The van der Waals surface area contributed by atoms with Gasteiger partial charge in [0.25, 0.3) is 5.56 Å². The van der Waals surface area contributed by atoms with E-state index in [1.165, 1.54) is 12.3 Å². The Balaban J connectivity index is 1.85. The summed E-state index contributed by atoms with van der Waals surface area (Å²) in [7, 11) is 0. The van der Waals surface area contributed by atoms with E-state index in [9.17, 15) is 13.6 Å². The summed E-state index contributed by atoms with van der Waals surface area (Å²) in [5.41, 5.74) is 1.53. The zero-order valence-electron chi connectivity index (χ0n) is 13.4. The molecule has 0 unspecified atom stereocenters. The van der Waals surface area contributed by atoms with E-state index in [1.54, 1.807) is 12.1 Å². The third-order valence-corrected chi connectivity index (χ3v) is 4.03. The second-order valence-electron chi connectivity index (χ2n) is 5.86. The molecule has 0 spiro atoms. The molecule has 1 saturated carbocycles. The van der Waals surface area contributed by atoms with Crippen molar-refractivity contribution >= 4 is 10.9 Å². The number of ether oxygens (including phenoxy) is 2. The summed E-state index contributed by atoms with van der Waals surface area (Å²) >= 11 is 0. The molecule has 0 aliphatic heterocycles. The van der Waals surface area contributed by atoms with Crippen LogP contribution in [0, 0.1) is 12.3 Å². The average molecular weight is 357 g/mol. The van der Waals surface area contributed by atoms with Crippen LogP contribution in [0.4, 0.5) is 8.78 Å². The molecule has 8 heteroatoms. The van der Waals surface area contributed by atoms with Crippen LogP contribution in [-0.2, 0) is 0 Å². The number of rotatable bonds is 5. The van der Waals surface area contributed by atoms with E-state index in [-0.39, 0.29) is 17.6 Å². The fourth-order valence-electron chi connectivity index (χ4n) is 2.74. The van der Waals surface area contributed by atoms with Crippen LogP contribution >= 0.6 is 0 Å². The summed E-state index contributed by atoms with van der Waals surface area (Å²) in [5.74, 6) is 2.67. The Hall–Kier alpha value is -3.34. The number of nitrogens with zero attached hydrogens (tertiary/aromatic N) is 1. The number of nitrogens with one attached hydrogen (secondary N) is 2. The van der Waals surface area contributed by atoms with E-state index >= 15 is 0 Å². The van der Waals surface area contributed by atoms with Gasteiger partial charge in [-0.1, -0.05) is 5.92 Å². The zero-order chi connectivity index (χ0) is 18.3. The molecule has 0 atom stereocenters. The molecule has 1 fully saturated rings. The largest absolute Gasteiger partial charge is 0.487 e. The van der Waals surface area contributed by atoms with Gasteiger partial charge in [-0.2, -0.15) is 13.9 Å². The minimum Gasteiger partial charge on any atom is -0.487 e. The lowest BCUT2D eigenvalue weighted by Crippen LogP contribution is -2.07. The number of terminal acetylenes is 1. The Morgan fingerprint density at radius 2 is 2.12 bits per heavy atom. The second kappa shape index (κ2) is 6.19. The summed E-state index contributed by atoms with van der Waals surface area (Å²) in [4.78, 5) is 15.1. The quantitative estimate of drug-likeness (QED) is 0.688.